The van der Waals surface area contributed by atoms with E-state index in [-0.39, 0.29) is 11.7 Å². The molecule has 0 atom stereocenters. The molecule has 3 N–H and O–H groups in total. The van der Waals surface area contributed by atoms with Crippen LogP contribution in [0.5, 0.6) is 0 Å². The van der Waals surface area contributed by atoms with Gasteiger partial charge in [-0.05, 0) is 50.6 Å². The second-order valence-electron chi connectivity index (χ2n) is 5.87. The molecular formula is C17H18FN3O3S. The number of aromatic amines is 1. The van der Waals surface area contributed by atoms with Gasteiger partial charge in [-0.25, -0.2) is 12.8 Å². The third-order valence-electron chi connectivity index (χ3n) is 4.17. The van der Waals surface area contributed by atoms with Gasteiger partial charge in [-0.15, -0.1) is 0 Å². The molecule has 0 aliphatic carbocycles. The van der Waals surface area contributed by atoms with E-state index in [9.17, 15) is 17.6 Å². The molecule has 0 bridgehead atoms. The molecule has 0 saturated heterocycles. The lowest BCUT2D eigenvalue weighted by Crippen LogP contribution is -2.15. The summed E-state index contributed by atoms with van der Waals surface area (Å²) in [4.78, 5) is 15.3. The SMILES string of the molecule is CCS(=O)(=O)Nc1c(C)[nH]c(C=C2C(=O)Nc3ccc(F)cc32)c1C. The van der Waals surface area contributed by atoms with Gasteiger partial charge in [0.05, 0.1) is 17.0 Å². The zero-order chi connectivity index (χ0) is 18.4. The summed E-state index contributed by atoms with van der Waals surface area (Å²) in [6.07, 6.45) is 1.60. The minimum Gasteiger partial charge on any atom is -0.357 e. The number of fused-ring (bicyclic) bond motifs is 1. The second-order valence-corrected chi connectivity index (χ2v) is 7.88. The van der Waals surface area contributed by atoms with Crippen molar-refractivity contribution in [2.24, 2.45) is 0 Å². The Kier molecular flexibility index (Phi) is 4.16. The van der Waals surface area contributed by atoms with E-state index < -0.39 is 15.8 Å². The van der Waals surface area contributed by atoms with E-state index in [1.807, 2.05) is 0 Å². The number of aromatic nitrogens is 1. The van der Waals surface area contributed by atoms with E-state index in [0.717, 1.165) is 0 Å². The van der Waals surface area contributed by atoms with Crippen molar-refractivity contribution in [1.82, 2.24) is 4.98 Å². The van der Waals surface area contributed by atoms with Crippen molar-refractivity contribution >= 4 is 39.0 Å². The Balaban J connectivity index is 2.06. The van der Waals surface area contributed by atoms with Crippen LogP contribution in [0.1, 0.15) is 29.4 Å². The third kappa shape index (κ3) is 3.17. The summed E-state index contributed by atoms with van der Waals surface area (Å²) < 4.78 is 39.7. The fraction of sp³-hybridized carbons (Fsp3) is 0.235. The molecule has 0 spiro atoms. The van der Waals surface area contributed by atoms with Crippen LogP contribution >= 0.6 is 0 Å². The summed E-state index contributed by atoms with van der Waals surface area (Å²) in [5.74, 6) is -0.803. The molecule has 2 heterocycles. The predicted molar refractivity (Wildman–Crippen MR) is 96.3 cm³/mol. The molecule has 0 unspecified atom stereocenters. The smallest absolute Gasteiger partial charge is 0.256 e. The van der Waals surface area contributed by atoms with Gasteiger partial charge in [0.25, 0.3) is 5.91 Å². The molecule has 132 valence electrons. The van der Waals surface area contributed by atoms with Crippen LogP contribution in [0.25, 0.3) is 11.6 Å². The number of sulfonamides is 1. The number of rotatable bonds is 4. The molecule has 1 aromatic carbocycles. The number of hydrogen-bond acceptors (Lipinski definition) is 3. The van der Waals surface area contributed by atoms with Gasteiger partial charge in [0.1, 0.15) is 5.82 Å². The summed E-state index contributed by atoms with van der Waals surface area (Å²) in [5.41, 5.74) is 3.71. The van der Waals surface area contributed by atoms with Gasteiger partial charge in [0.2, 0.25) is 10.0 Å². The Morgan fingerprint density at radius 2 is 2.00 bits per heavy atom. The molecule has 25 heavy (non-hydrogen) atoms. The van der Waals surface area contributed by atoms with E-state index in [4.69, 9.17) is 0 Å². The molecule has 6 nitrogen and oxygen atoms in total. The first kappa shape index (κ1) is 17.2. The number of anilines is 2. The predicted octanol–water partition coefficient (Wildman–Crippen LogP) is 3.02. The maximum Gasteiger partial charge on any atom is 0.256 e. The molecule has 0 radical (unpaired) electrons. The Labute approximate surface area is 145 Å². The topological polar surface area (TPSA) is 91.1 Å². The van der Waals surface area contributed by atoms with Gasteiger partial charge in [-0.2, -0.15) is 0 Å². The zero-order valence-electron chi connectivity index (χ0n) is 14.0. The summed E-state index contributed by atoms with van der Waals surface area (Å²) in [5, 5.41) is 2.68. The maximum atomic E-state index is 13.5. The van der Waals surface area contributed by atoms with Gasteiger partial charge in [-0.3, -0.25) is 9.52 Å². The van der Waals surface area contributed by atoms with Crippen LogP contribution < -0.4 is 10.0 Å². The van der Waals surface area contributed by atoms with Crippen molar-refractivity contribution in [3.05, 3.63) is 46.5 Å². The minimum atomic E-state index is -3.42. The molecule has 1 aromatic heterocycles. The van der Waals surface area contributed by atoms with E-state index in [1.165, 1.54) is 18.2 Å². The van der Waals surface area contributed by atoms with Crippen LogP contribution in [0.3, 0.4) is 0 Å². The van der Waals surface area contributed by atoms with Gasteiger partial charge >= 0.3 is 0 Å². The Bertz CT molecular complexity index is 1010. The van der Waals surface area contributed by atoms with Crippen LogP contribution in [0.4, 0.5) is 15.8 Å². The number of carbonyl (C=O) groups is 1. The molecule has 1 aliphatic heterocycles. The van der Waals surface area contributed by atoms with Crippen LogP contribution in [0.15, 0.2) is 18.2 Å². The molecule has 3 rings (SSSR count). The Hall–Kier alpha value is -2.61. The van der Waals surface area contributed by atoms with Crippen LogP contribution in [-0.4, -0.2) is 25.1 Å². The van der Waals surface area contributed by atoms with E-state index in [2.05, 4.69) is 15.0 Å². The highest BCUT2D eigenvalue weighted by atomic mass is 32.2. The maximum absolute atomic E-state index is 13.5. The summed E-state index contributed by atoms with van der Waals surface area (Å²) in [7, 11) is -3.42. The quantitative estimate of drug-likeness (QED) is 0.729. The van der Waals surface area contributed by atoms with Crippen LogP contribution in [0, 0.1) is 19.7 Å². The number of nitrogens with one attached hydrogen (secondary N) is 3. The lowest BCUT2D eigenvalue weighted by molar-refractivity contribution is -0.110. The van der Waals surface area contributed by atoms with Crippen molar-refractivity contribution < 1.29 is 17.6 Å². The second kappa shape index (κ2) is 6.03. The third-order valence-corrected chi connectivity index (χ3v) is 5.44. The first-order chi connectivity index (χ1) is 11.7. The van der Waals surface area contributed by atoms with Gasteiger partial charge in [-0.1, -0.05) is 0 Å². The minimum absolute atomic E-state index is 0.0391. The fourth-order valence-electron chi connectivity index (χ4n) is 2.75. The standard InChI is InChI=1S/C17H18FN3O3S/c1-4-25(23,24)21-16-9(2)15(19-10(16)3)8-13-12-7-11(18)5-6-14(12)20-17(13)22/h5-8,19,21H,4H2,1-3H3,(H,20,22). The van der Waals surface area contributed by atoms with E-state index in [0.29, 0.717) is 39.5 Å². The summed E-state index contributed by atoms with van der Waals surface area (Å²) in [6, 6.07) is 4.09. The Morgan fingerprint density at radius 1 is 1.28 bits per heavy atom. The molecule has 0 saturated carbocycles. The van der Waals surface area contributed by atoms with Crippen molar-refractivity contribution in [3.63, 3.8) is 0 Å². The zero-order valence-corrected chi connectivity index (χ0v) is 14.8. The number of halogens is 1. The molecule has 0 fully saturated rings. The molecular weight excluding hydrogens is 345 g/mol. The number of carbonyl (C=O) groups excluding carboxylic acids is 1. The monoisotopic (exact) mass is 363 g/mol. The highest BCUT2D eigenvalue weighted by molar-refractivity contribution is 7.92. The number of H-pyrrole nitrogens is 1. The molecule has 1 aliphatic rings. The number of benzene rings is 1. The van der Waals surface area contributed by atoms with Crippen LogP contribution in [-0.2, 0) is 14.8 Å². The Morgan fingerprint density at radius 3 is 2.68 bits per heavy atom. The normalized spacial score (nSPS) is 15.4. The van der Waals surface area contributed by atoms with Crippen molar-refractivity contribution in [3.8, 4) is 0 Å². The number of hydrogen-bond donors (Lipinski definition) is 3. The first-order valence-electron chi connectivity index (χ1n) is 7.74. The largest absolute Gasteiger partial charge is 0.357 e. The van der Waals surface area contributed by atoms with Crippen molar-refractivity contribution in [2.75, 3.05) is 15.8 Å². The molecule has 8 heteroatoms. The molecule has 2 aromatic rings. The van der Waals surface area contributed by atoms with Gasteiger partial charge in [0.15, 0.2) is 0 Å². The average Bonchev–Trinajstić information content (AvgIpc) is 2.99. The highest BCUT2D eigenvalue weighted by Crippen LogP contribution is 2.35. The summed E-state index contributed by atoms with van der Waals surface area (Å²) in [6.45, 7) is 5.05. The van der Waals surface area contributed by atoms with Gasteiger partial charge < -0.3 is 10.3 Å². The highest BCUT2D eigenvalue weighted by Gasteiger charge is 2.25. The lowest BCUT2D eigenvalue weighted by atomic mass is 10.0. The fourth-order valence-corrected chi connectivity index (χ4v) is 3.51. The van der Waals surface area contributed by atoms with E-state index in [1.54, 1.807) is 26.8 Å². The van der Waals surface area contributed by atoms with Crippen molar-refractivity contribution in [2.45, 2.75) is 20.8 Å². The number of aryl methyl sites for hydroxylation is 1. The average molecular weight is 363 g/mol. The van der Waals surface area contributed by atoms with Gasteiger partial charge in [0, 0.05) is 22.6 Å². The summed E-state index contributed by atoms with van der Waals surface area (Å²) >= 11 is 0. The molecule has 1 amide bonds. The lowest BCUT2D eigenvalue weighted by Gasteiger charge is -2.06. The van der Waals surface area contributed by atoms with Crippen LogP contribution in [0.2, 0.25) is 0 Å². The van der Waals surface area contributed by atoms with Crippen molar-refractivity contribution in [1.29, 1.82) is 0 Å². The number of amides is 1. The first-order valence-corrected chi connectivity index (χ1v) is 9.39. The van der Waals surface area contributed by atoms with E-state index >= 15 is 0 Å².